The molecule has 0 atom stereocenters. The van der Waals surface area contributed by atoms with Crippen LogP contribution < -0.4 is 9.47 Å². The predicted molar refractivity (Wildman–Crippen MR) is 157 cm³/mol. The van der Waals surface area contributed by atoms with Crippen LogP contribution in [0.4, 0.5) is 0 Å². The molecule has 3 aromatic rings. The van der Waals surface area contributed by atoms with Crippen LogP contribution in [0.5, 0.6) is 11.5 Å². The second-order valence-electron chi connectivity index (χ2n) is 9.18. The van der Waals surface area contributed by atoms with Gasteiger partial charge in [-0.2, -0.15) is 0 Å². The number of aryl methyl sites for hydroxylation is 1. The first-order valence-corrected chi connectivity index (χ1v) is 13.9. The Labute approximate surface area is 233 Å². The number of halogens is 1. The molecule has 7 heteroatoms. The molecule has 1 amide bonds. The van der Waals surface area contributed by atoms with E-state index >= 15 is 0 Å². The quantitative estimate of drug-likeness (QED) is 0.145. The molecular weight excluding hydrogens is 522 g/mol. The monoisotopic (exact) mass is 551 g/mol. The minimum absolute atomic E-state index is 0.114. The van der Waals surface area contributed by atoms with Crippen molar-refractivity contribution in [1.82, 2.24) is 4.90 Å². The van der Waals surface area contributed by atoms with E-state index in [1.54, 1.807) is 17.0 Å². The number of thioether (sulfide) groups is 1. The number of rotatable bonds is 10. The van der Waals surface area contributed by atoms with Crippen molar-refractivity contribution in [2.45, 2.75) is 39.7 Å². The lowest BCUT2D eigenvalue weighted by Gasteiger charge is -2.15. The van der Waals surface area contributed by atoms with Gasteiger partial charge >= 0.3 is 0 Å². The number of carbonyl (C=O) groups is 1. The first-order chi connectivity index (χ1) is 17.8. The molecule has 4 rings (SSSR count). The third-order valence-electron chi connectivity index (χ3n) is 5.91. The molecule has 0 bridgehead atoms. The summed E-state index contributed by atoms with van der Waals surface area (Å²) in [6.45, 7) is 7.86. The molecule has 0 spiro atoms. The maximum absolute atomic E-state index is 13.1. The van der Waals surface area contributed by atoms with Gasteiger partial charge in [0.05, 0.1) is 24.7 Å². The third-order valence-corrected chi connectivity index (χ3v) is 7.52. The Morgan fingerprint density at radius 2 is 1.73 bits per heavy atom. The van der Waals surface area contributed by atoms with Gasteiger partial charge in [0.15, 0.2) is 0 Å². The van der Waals surface area contributed by atoms with E-state index in [-0.39, 0.29) is 5.91 Å². The SMILES string of the molecule is Cc1ccc(C(C)C)c(OCCCOc2ccc(Cl)cc2/C=C2\SC(=S)N(Cc3ccccc3)C2=O)c1. The van der Waals surface area contributed by atoms with Crippen molar-refractivity contribution >= 4 is 51.9 Å². The van der Waals surface area contributed by atoms with Gasteiger partial charge in [0.1, 0.15) is 15.8 Å². The number of ether oxygens (including phenoxy) is 2. The van der Waals surface area contributed by atoms with Gasteiger partial charge in [-0.05, 0) is 59.9 Å². The Bertz CT molecular complexity index is 1310. The first kappa shape index (κ1) is 27.2. The lowest BCUT2D eigenvalue weighted by atomic mass is 10.0. The third kappa shape index (κ3) is 7.16. The second-order valence-corrected chi connectivity index (χ2v) is 11.3. The van der Waals surface area contributed by atoms with Gasteiger partial charge in [0.25, 0.3) is 5.91 Å². The molecule has 1 saturated heterocycles. The molecule has 0 aromatic heterocycles. The van der Waals surface area contributed by atoms with Crippen molar-refractivity contribution in [2.24, 2.45) is 0 Å². The van der Waals surface area contributed by atoms with E-state index in [4.69, 9.17) is 33.3 Å². The minimum atomic E-state index is -0.114. The van der Waals surface area contributed by atoms with Gasteiger partial charge in [0, 0.05) is 17.0 Å². The summed E-state index contributed by atoms with van der Waals surface area (Å²) in [5.74, 6) is 1.87. The normalized spacial score (nSPS) is 14.6. The van der Waals surface area contributed by atoms with E-state index in [0.717, 1.165) is 16.9 Å². The highest BCUT2D eigenvalue weighted by Crippen LogP contribution is 2.36. The molecule has 0 unspecified atom stereocenters. The van der Waals surface area contributed by atoms with Crippen LogP contribution in [0, 0.1) is 6.92 Å². The molecule has 0 radical (unpaired) electrons. The molecule has 0 saturated carbocycles. The molecule has 1 fully saturated rings. The van der Waals surface area contributed by atoms with Crippen molar-refractivity contribution in [3.05, 3.63) is 98.9 Å². The molecule has 0 aliphatic carbocycles. The average molecular weight is 552 g/mol. The van der Waals surface area contributed by atoms with E-state index in [9.17, 15) is 4.79 Å². The summed E-state index contributed by atoms with van der Waals surface area (Å²) in [5.41, 5.74) is 4.15. The second kappa shape index (κ2) is 12.6. The minimum Gasteiger partial charge on any atom is -0.493 e. The van der Waals surface area contributed by atoms with Crippen molar-refractivity contribution in [1.29, 1.82) is 0 Å². The van der Waals surface area contributed by atoms with Crippen molar-refractivity contribution in [3.8, 4) is 11.5 Å². The lowest BCUT2D eigenvalue weighted by Crippen LogP contribution is -2.27. The summed E-state index contributed by atoms with van der Waals surface area (Å²) in [6.07, 6.45) is 2.52. The average Bonchev–Trinajstić information content (AvgIpc) is 3.12. The van der Waals surface area contributed by atoms with Crippen LogP contribution in [0.2, 0.25) is 5.02 Å². The zero-order valence-corrected chi connectivity index (χ0v) is 23.6. The van der Waals surface area contributed by atoms with Crippen LogP contribution in [0.25, 0.3) is 6.08 Å². The number of hydrogen-bond acceptors (Lipinski definition) is 5. The van der Waals surface area contributed by atoms with Gasteiger partial charge in [-0.15, -0.1) is 0 Å². The number of carbonyl (C=O) groups excluding carboxylic acids is 1. The van der Waals surface area contributed by atoms with Gasteiger partial charge < -0.3 is 9.47 Å². The number of benzene rings is 3. The van der Waals surface area contributed by atoms with Gasteiger partial charge in [-0.1, -0.05) is 91.9 Å². The highest BCUT2D eigenvalue weighted by atomic mass is 35.5. The summed E-state index contributed by atoms with van der Waals surface area (Å²) in [7, 11) is 0. The van der Waals surface area contributed by atoms with E-state index in [1.807, 2.05) is 42.5 Å². The summed E-state index contributed by atoms with van der Waals surface area (Å²) in [5, 5.41) is 0.572. The molecule has 1 aliphatic heterocycles. The number of amides is 1. The van der Waals surface area contributed by atoms with Gasteiger partial charge in [0.2, 0.25) is 0 Å². The molecule has 0 N–H and O–H groups in total. The number of hydrogen-bond donors (Lipinski definition) is 0. The van der Waals surface area contributed by atoms with Crippen LogP contribution in [-0.2, 0) is 11.3 Å². The van der Waals surface area contributed by atoms with Gasteiger partial charge in [-0.3, -0.25) is 9.69 Å². The van der Waals surface area contributed by atoms with Crippen molar-refractivity contribution < 1.29 is 14.3 Å². The maximum Gasteiger partial charge on any atom is 0.266 e. The van der Waals surface area contributed by atoms with E-state index < -0.39 is 0 Å². The topological polar surface area (TPSA) is 38.8 Å². The Morgan fingerprint density at radius 1 is 1.00 bits per heavy atom. The smallest absolute Gasteiger partial charge is 0.266 e. The Morgan fingerprint density at radius 3 is 2.46 bits per heavy atom. The highest BCUT2D eigenvalue weighted by molar-refractivity contribution is 8.26. The summed E-state index contributed by atoms with van der Waals surface area (Å²) < 4.78 is 12.7. The molecular formula is C30H30ClNO3S2. The number of thiocarbonyl (C=S) groups is 1. The van der Waals surface area contributed by atoms with Crippen LogP contribution in [0.3, 0.4) is 0 Å². The Hall–Kier alpha value is -2.80. The molecule has 1 heterocycles. The van der Waals surface area contributed by atoms with Crippen molar-refractivity contribution in [2.75, 3.05) is 13.2 Å². The fraction of sp³-hybridized carbons (Fsp3) is 0.267. The molecule has 192 valence electrons. The fourth-order valence-electron chi connectivity index (χ4n) is 3.97. The molecule has 3 aromatic carbocycles. The highest BCUT2D eigenvalue weighted by Gasteiger charge is 2.32. The van der Waals surface area contributed by atoms with Crippen LogP contribution >= 0.6 is 35.6 Å². The van der Waals surface area contributed by atoms with Crippen LogP contribution in [0.1, 0.15) is 48.4 Å². The summed E-state index contributed by atoms with van der Waals surface area (Å²) >= 11 is 13.1. The zero-order valence-electron chi connectivity index (χ0n) is 21.2. The van der Waals surface area contributed by atoms with E-state index in [2.05, 4.69) is 39.0 Å². The summed E-state index contributed by atoms with van der Waals surface area (Å²) in [4.78, 5) is 15.3. The lowest BCUT2D eigenvalue weighted by molar-refractivity contribution is -0.122. The summed E-state index contributed by atoms with van der Waals surface area (Å²) in [6, 6.07) is 21.6. The largest absolute Gasteiger partial charge is 0.493 e. The van der Waals surface area contributed by atoms with Crippen LogP contribution in [-0.4, -0.2) is 28.3 Å². The van der Waals surface area contributed by atoms with Crippen LogP contribution in [0.15, 0.2) is 71.6 Å². The maximum atomic E-state index is 13.1. The molecule has 37 heavy (non-hydrogen) atoms. The van der Waals surface area contributed by atoms with E-state index in [0.29, 0.717) is 52.1 Å². The number of nitrogens with zero attached hydrogens (tertiary/aromatic N) is 1. The Kier molecular flexibility index (Phi) is 9.30. The van der Waals surface area contributed by atoms with E-state index in [1.165, 1.54) is 22.9 Å². The Balaban J connectivity index is 1.39. The fourth-order valence-corrected chi connectivity index (χ4v) is 5.40. The molecule has 4 nitrogen and oxygen atoms in total. The zero-order chi connectivity index (χ0) is 26.4. The van der Waals surface area contributed by atoms with Gasteiger partial charge in [-0.25, -0.2) is 0 Å². The predicted octanol–water partition coefficient (Wildman–Crippen LogP) is 8.02. The molecule has 1 aliphatic rings. The first-order valence-electron chi connectivity index (χ1n) is 12.3. The standard InChI is InChI=1S/C30H30ClNO3S2/c1-20(2)25-12-10-21(3)16-27(25)35-15-7-14-34-26-13-11-24(31)17-23(26)18-28-29(33)32(30(36)37-28)19-22-8-5-4-6-9-22/h4-6,8-13,16-18,20H,7,14-15,19H2,1-3H3/b28-18-. The van der Waals surface area contributed by atoms with Crippen molar-refractivity contribution in [3.63, 3.8) is 0 Å².